The zero-order valence-corrected chi connectivity index (χ0v) is 11.9. The maximum absolute atomic E-state index is 11.2. The number of aliphatic carboxylic acids is 1. The molecule has 0 rings (SSSR count). The normalized spacial score (nSPS) is 12.8. The third-order valence-electron chi connectivity index (χ3n) is 1.77. The number of esters is 1. The first-order valence-electron chi connectivity index (χ1n) is 4.25. The highest BCUT2D eigenvalue weighted by Gasteiger charge is 2.44. The zero-order chi connectivity index (χ0) is 13.0. The van der Waals surface area contributed by atoms with E-state index in [-0.39, 0.29) is 6.61 Å². The topological polar surface area (TPSA) is 83.8 Å². The fourth-order valence-electron chi connectivity index (χ4n) is 0.530. The van der Waals surface area contributed by atoms with E-state index >= 15 is 0 Å². The van der Waals surface area contributed by atoms with Crippen molar-refractivity contribution in [1.82, 2.24) is 0 Å². The lowest BCUT2D eigenvalue weighted by Gasteiger charge is -2.35. The lowest BCUT2D eigenvalue weighted by Crippen LogP contribution is -2.40. The highest BCUT2D eigenvalue weighted by Crippen LogP contribution is 2.44. The van der Waals surface area contributed by atoms with E-state index in [0.29, 0.717) is 6.08 Å². The molecule has 0 saturated carbocycles. The van der Waals surface area contributed by atoms with Crippen molar-refractivity contribution in [3.8, 4) is 0 Å². The number of halogens is 2. The van der Waals surface area contributed by atoms with Gasteiger partial charge in [0.1, 0.15) is 0 Å². The molecule has 2 N–H and O–H groups in total. The minimum atomic E-state index is -1.26. The first kappa shape index (κ1) is 15.6. The van der Waals surface area contributed by atoms with Crippen molar-refractivity contribution >= 4 is 43.8 Å². The molecule has 0 amide bonds. The van der Waals surface area contributed by atoms with Gasteiger partial charge in [-0.25, -0.2) is 9.59 Å². The van der Waals surface area contributed by atoms with Gasteiger partial charge in [-0.3, -0.25) is 0 Å². The third-order valence-corrected chi connectivity index (χ3v) is 4.24. The van der Waals surface area contributed by atoms with E-state index < -0.39 is 20.8 Å². The second-order valence-corrected chi connectivity index (χ2v) is 6.95. The molecule has 0 aliphatic carbocycles. The van der Waals surface area contributed by atoms with Gasteiger partial charge in [-0.15, -0.1) is 0 Å². The molecule has 0 aliphatic rings. The minimum Gasteiger partial charge on any atom is -0.478 e. The monoisotopic (exact) mass is 358 g/mol. The molecule has 92 valence electrons. The Morgan fingerprint density at radius 2 is 1.81 bits per heavy atom. The molecule has 0 unspecified atom stereocenters. The van der Waals surface area contributed by atoms with Crippen LogP contribution in [0.4, 0.5) is 0 Å². The summed E-state index contributed by atoms with van der Waals surface area (Å²) >= 11 is 6.21. The van der Waals surface area contributed by atoms with Crippen molar-refractivity contribution < 1.29 is 24.5 Å². The van der Waals surface area contributed by atoms with Crippen molar-refractivity contribution in [1.29, 1.82) is 0 Å². The van der Waals surface area contributed by atoms with Crippen molar-refractivity contribution in [3.05, 3.63) is 12.2 Å². The van der Waals surface area contributed by atoms with Crippen LogP contribution in [0.2, 0.25) is 0 Å². The Balaban J connectivity index is 4.60. The standard InChI is InChI=1S/C9H12Br2O5/c1-8(2,5-12)9(10,11)16-7(15)4-3-6(13)14/h3-4,12H,5H2,1-2H3,(H,13,14)/b4-3+. The molecule has 0 aromatic heterocycles. The molecular weight excluding hydrogens is 348 g/mol. The highest BCUT2D eigenvalue weighted by atomic mass is 79.9. The summed E-state index contributed by atoms with van der Waals surface area (Å²) in [4.78, 5) is 21.4. The van der Waals surface area contributed by atoms with Crippen LogP contribution in [0, 0.1) is 5.41 Å². The molecule has 0 spiro atoms. The van der Waals surface area contributed by atoms with Gasteiger partial charge in [-0.05, 0) is 31.9 Å². The molecular formula is C9H12Br2O5. The van der Waals surface area contributed by atoms with E-state index in [9.17, 15) is 9.59 Å². The molecule has 0 aromatic rings. The van der Waals surface area contributed by atoms with Crippen molar-refractivity contribution in [2.24, 2.45) is 5.41 Å². The summed E-state index contributed by atoms with van der Waals surface area (Å²) in [6.07, 6.45) is 1.46. The van der Waals surface area contributed by atoms with Gasteiger partial charge in [0, 0.05) is 17.6 Å². The molecule has 5 nitrogen and oxygen atoms in total. The van der Waals surface area contributed by atoms with E-state index in [2.05, 4.69) is 31.9 Å². The number of carbonyl (C=O) groups excluding carboxylic acids is 1. The number of hydrogen-bond acceptors (Lipinski definition) is 4. The Labute approximate surface area is 110 Å². The molecule has 16 heavy (non-hydrogen) atoms. The van der Waals surface area contributed by atoms with Crippen LogP contribution in [-0.2, 0) is 14.3 Å². The lowest BCUT2D eigenvalue weighted by molar-refractivity contribution is -0.146. The van der Waals surface area contributed by atoms with E-state index in [1.54, 1.807) is 13.8 Å². The maximum Gasteiger partial charge on any atom is 0.333 e. The fourth-order valence-corrected chi connectivity index (χ4v) is 1.10. The van der Waals surface area contributed by atoms with E-state index in [4.69, 9.17) is 14.9 Å². The second kappa shape index (κ2) is 5.79. The Morgan fingerprint density at radius 3 is 2.19 bits per heavy atom. The van der Waals surface area contributed by atoms with Gasteiger partial charge in [0.15, 0.2) is 0 Å². The number of hydrogen-bond donors (Lipinski definition) is 2. The summed E-state index contributed by atoms with van der Waals surface area (Å²) in [6, 6.07) is 0. The molecule has 0 aromatic carbocycles. The molecule has 0 radical (unpaired) electrons. The summed E-state index contributed by atoms with van der Waals surface area (Å²) in [5.41, 5.74) is -0.778. The van der Waals surface area contributed by atoms with Crippen LogP contribution in [-0.4, -0.2) is 32.2 Å². The molecule has 0 bridgehead atoms. The smallest absolute Gasteiger partial charge is 0.333 e. The summed E-state index contributed by atoms with van der Waals surface area (Å²) in [5.74, 6) is -2.08. The first-order chi connectivity index (χ1) is 7.12. The zero-order valence-electron chi connectivity index (χ0n) is 8.74. The number of carboxylic acid groups (broad SMARTS) is 1. The summed E-state index contributed by atoms with van der Waals surface area (Å²) in [6.45, 7) is 3.08. The Hall–Kier alpha value is -0.400. The van der Waals surface area contributed by atoms with Crippen LogP contribution in [0.3, 0.4) is 0 Å². The number of rotatable bonds is 5. The molecule has 0 aliphatic heterocycles. The molecule has 0 saturated heterocycles. The fraction of sp³-hybridized carbons (Fsp3) is 0.556. The average Bonchev–Trinajstić information content (AvgIpc) is 2.13. The van der Waals surface area contributed by atoms with Crippen LogP contribution < -0.4 is 0 Å². The van der Waals surface area contributed by atoms with Gasteiger partial charge in [0.05, 0.1) is 6.61 Å². The van der Waals surface area contributed by atoms with E-state index in [1.807, 2.05) is 0 Å². The average molecular weight is 360 g/mol. The highest BCUT2D eigenvalue weighted by molar-refractivity contribution is 9.25. The number of aliphatic hydroxyl groups is 1. The third kappa shape index (κ3) is 4.63. The molecule has 7 heteroatoms. The number of aliphatic hydroxyl groups excluding tert-OH is 1. The number of carboxylic acids is 1. The van der Waals surface area contributed by atoms with Gasteiger partial charge < -0.3 is 14.9 Å². The lowest BCUT2D eigenvalue weighted by atomic mass is 9.96. The van der Waals surface area contributed by atoms with Crippen molar-refractivity contribution in [3.63, 3.8) is 0 Å². The quantitative estimate of drug-likeness (QED) is 0.443. The number of carbonyl (C=O) groups is 2. The summed E-state index contributed by atoms with van der Waals surface area (Å²) in [5, 5.41) is 17.4. The summed E-state index contributed by atoms with van der Waals surface area (Å²) < 4.78 is 3.67. The molecule has 0 heterocycles. The predicted molar refractivity (Wildman–Crippen MR) is 64.3 cm³/mol. The van der Waals surface area contributed by atoms with Crippen LogP contribution in [0.5, 0.6) is 0 Å². The maximum atomic E-state index is 11.2. The summed E-state index contributed by atoms with van der Waals surface area (Å²) in [7, 11) is 0. The van der Waals surface area contributed by atoms with Gasteiger partial charge in [0.2, 0.25) is 3.42 Å². The van der Waals surface area contributed by atoms with Gasteiger partial charge in [0.25, 0.3) is 0 Å². The van der Waals surface area contributed by atoms with Crippen LogP contribution in [0.25, 0.3) is 0 Å². The Kier molecular flexibility index (Phi) is 5.64. The second-order valence-electron chi connectivity index (χ2n) is 3.65. The van der Waals surface area contributed by atoms with Crippen molar-refractivity contribution in [2.75, 3.05) is 6.61 Å². The Bertz CT molecular complexity index is 309. The van der Waals surface area contributed by atoms with Gasteiger partial charge in [-0.1, -0.05) is 13.8 Å². The Morgan fingerprint density at radius 1 is 1.31 bits per heavy atom. The van der Waals surface area contributed by atoms with E-state index in [0.717, 1.165) is 6.08 Å². The predicted octanol–water partition coefficient (Wildman–Crippen LogP) is 1.63. The van der Waals surface area contributed by atoms with Crippen LogP contribution in [0.15, 0.2) is 12.2 Å². The largest absolute Gasteiger partial charge is 0.478 e. The first-order valence-corrected chi connectivity index (χ1v) is 5.83. The van der Waals surface area contributed by atoms with Gasteiger partial charge >= 0.3 is 11.9 Å². The number of ether oxygens (including phenoxy) is 1. The molecule has 0 atom stereocenters. The van der Waals surface area contributed by atoms with Crippen LogP contribution in [0.1, 0.15) is 13.8 Å². The minimum absolute atomic E-state index is 0.237. The molecule has 0 fully saturated rings. The van der Waals surface area contributed by atoms with Crippen LogP contribution >= 0.6 is 31.9 Å². The SMILES string of the molecule is CC(C)(CO)C(Br)(Br)OC(=O)/C=C/C(=O)O. The van der Waals surface area contributed by atoms with Gasteiger partial charge in [-0.2, -0.15) is 0 Å². The number of alkyl halides is 2. The van der Waals surface area contributed by atoms with E-state index in [1.165, 1.54) is 0 Å². The van der Waals surface area contributed by atoms with Crippen molar-refractivity contribution in [2.45, 2.75) is 17.3 Å².